The molecule has 6 heteroatoms. The SMILES string of the molecule is CCOc1ccccc1CN(C)C(=O)c1cc(OC)c(OC)cc1OC. The van der Waals surface area contributed by atoms with Crippen LogP contribution in [0.15, 0.2) is 36.4 Å². The first-order chi connectivity index (χ1) is 12.5. The zero-order valence-corrected chi connectivity index (χ0v) is 15.9. The Morgan fingerprint density at radius 3 is 2.15 bits per heavy atom. The Hall–Kier alpha value is -2.89. The van der Waals surface area contributed by atoms with Crippen LogP contribution in [-0.4, -0.2) is 45.8 Å². The van der Waals surface area contributed by atoms with Crippen molar-refractivity contribution in [2.75, 3.05) is 35.0 Å². The molecule has 0 heterocycles. The standard InChI is InChI=1S/C20H25NO5/c1-6-26-16-10-8-7-9-14(16)13-21(2)20(22)15-11-18(24-4)19(25-5)12-17(15)23-3/h7-12H,6,13H2,1-5H3. The van der Waals surface area contributed by atoms with Crippen molar-refractivity contribution in [3.05, 3.63) is 47.5 Å². The van der Waals surface area contributed by atoms with Crippen molar-refractivity contribution in [2.24, 2.45) is 0 Å². The van der Waals surface area contributed by atoms with Crippen molar-refractivity contribution in [1.29, 1.82) is 0 Å². The molecule has 0 saturated carbocycles. The molecule has 2 rings (SSSR count). The summed E-state index contributed by atoms with van der Waals surface area (Å²) in [6.45, 7) is 2.91. The zero-order valence-electron chi connectivity index (χ0n) is 15.9. The topological polar surface area (TPSA) is 57.2 Å². The average Bonchev–Trinajstić information content (AvgIpc) is 2.67. The van der Waals surface area contributed by atoms with Gasteiger partial charge in [-0.2, -0.15) is 0 Å². The van der Waals surface area contributed by atoms with Gasteiger partial charge in [0.25, 0.3) is 5.91 Å². The Morgan fingerprint density at radius 2 is 1.54 bits per heavy atom. The van der Waals surface area contributed by atoms with E-state index in [1.807, 2.05) is 31.2 Å². The largest absolute Gasteiger partial charge is 0.496 e. The predicted molar refractivity (Wildman–Crippen MR) is 99.5 cm³/mol. The highest BCUT2D eigenvalue weighted by molar-refractivity contribution is 5.97. The molecule has 0 aliphatic carbocycles. The summed E-state index contributed by atoms with van der Waals surface area (Å²) in [5, 5.41) is 0. The quantitative estimate of drug-likeness (QED) is 0.723. The molecule has 0 bridgehead atoms. The fourth-order valence-electron chi connectivity index (χ4n) is 2.66. The van der Waals surface area contributed by atoms with Crippen molar-refractivity contribution in [3.8, 4) is 23.0 Å². The number of methoxy groups -OCH3 is 3. The minimum Gasteiger partial charge on any atom is -0.496 e. The van der Waals surface area contributed by atoms with Crippen LogP contribution in [0.1, 0.15) is 22.8 Å². The van der Waals surface area contributed by atoms with Crippen LogP contribution in [0.25, 0.3) is 0 Å². The van der Waals surface area contributed by atoms with E-state index < -0.39 is 0 Å². The Balaban J connectivity index is 2.31. The molecule has 0 unspecified atom stereocenters. The number of ether oxygens (including phenoxy) is 4. The molecule has 0 aliphatic heterocycles. The van der Waals surface area contributed by atoms with Crippen LogP contribution in [-0.2, 0) is 6.54 Å². The second-order valence-corrected chi connectivity index (χ2v) is 5.61. The van der Waals surface area contributed by atoms with Gasteiger partial charge in [0, 0.05) is 31.3 Å². The molecule has 6 nitrogen and oxygen atoms in total. The summed E-state index contributed by atoms with van der Waals surface area (Å²) in [5.74, 6) is 1.99. The third-order valence-electron chi connectivity index (χ3n) is 3.96. The van der Waals surface area contributed by atoms with E-state index in [-0.39, 0.29) is 5.91 Å². The molecule has 0 radical (unpaired) electrons. The third-order valence-corrected chi connectivity index (χ3v) is 3.96. The highest BCUT2D eigenvalue weighted by atomic mass is 16.5. The molecule has 0 N–H and O–H groups in total. The molecule has 0 fully saturated rings. The molecule has 140 valence electrons. The molecule has 26 heavy (non-hydrogen) atoms. The molecule has 0 aromatic heterocycles. The summed E-state index contributed by atoms with van der Waals surface area (Å²) >= 11 is 0. The van der Waals surface area contributed by atoms with Gasteiger partial charge in [-0.15, -0.1) is 0 Å². The summed E-state index contributed by atoms with van der Waals surface area (Å²) < 4.78 is 21.6. The maximum atomic E-state index is 13.0. The van der Waals surface area contributed by atoms with E-state index >= 15 is 0 Å². The summed E-state index contributed by atoms with van der Waals surface area (Å²) in [5.41, 5.74) is 1.34. The summed E-state index contributed by atoms with van der Waals surface area (Å²) in [7, 11) is 6.32. The monoisotopic (exact) mass is 359 g/mol. The first-order valence-electron chi connectivity index (χ1n) is 8.31. The van der Waals surface area contributed by atoms with Gasteiger partial charge in [-0.25, -0.2) is 0 Å². The van der Waals surface area contributed by atoms with Crippen molar-refractivity contribution in [1.82, 2.24) is 4.90 Å². The molecule has 0 spiro atoms. The smallest absolute Gasteiger partial charge is 0.257 e. The molecule has 0 aliphatic rings. The lowest BCUT2D eigenvalue weighted by atomic mass is 10.1. The fraction of sp³-hybridized carbons (Fsp3) is 0.350. The second kappa shape index (κ2) is 8.99. The van der Waals surface area contributed by atoms with Crippen molar-refractivity contribution in [2.45, 2.75) is 13.5 Å². The molecule has 2 aromatic rings. The van der Waals surface area contributed by atoms with E-state index in [0.717, 1.165) is 11.3 Å². The first-order valence-corrected chi connectivity index (χ1v) is 8.31. The number of carbonyl (C=O) groups excluding carboxylic acids is 1. The van der Waals surface area contributed by atoms with E-state index in [1.165, 1.54) is 21.3 Å². The van der Waals surface area contributed by atoms with Gasteiger partial charge in [0.15, 0.2) is 11.5 Å². The molecular weight excluding hydrogens is 334 g/mol. The van der Waals surface area contributed by atoms with Crippen molar-refractivity contribution < 1.29 is 23.7 Å². The van der Waals surface area contributed by atoms with Crippen LogP contribution < -0.4 is 18.9 Å². The van der Waals surface area contributed by atoms with Crippen LogP contribution in [0.5, 0.6) is 23.0 Å². The lowest BCUT2D eigenvalue weighted by Crippen LogP contribution is -2.27. The number of hydrogen-bond acceptors (Lipinski definition) is 5. The first kappa shape index (κ1) is 19.4. The lowest BCUT2D eigenvalue weighted by molar-refractivity contribution is 0.0780. The minimum absolute atomic E-state index is 0.186. The number of hydrogen-bond donors (Lipinski definition) is 0. The van der Waals surface area contributed by atoms with Crippen LogP contribution in [0.3, 0.4) is 0 Å². The van der Waals surface area contributed by atoms with Gasteiger partial charge in [-0.3, -0.25) is 4.79 Å². The van der Waals surface area contributed by atoms with Crippen LogP contribution in [0, 0.1) is 0 Å². The second-order valence-electron chi connectivity index (χ2n) is 5.61. The molecular formula is C20H25NO5. The molecule has 1 amide bonds. The van der Waals surface area contributed by atoms with Gasteiger partial charge in [-0.1, -0.05) is 18.2 Å². The van der Waals surface area contributed by atoms with Crippen LogP contribution >= 0.6 is 0 Å². The molecule has 2 aromatic carbocycles. The van der Waals surface area contributed by atoms with E-state index in [0.29, 0.717) is 36.0 Å². The summed E-state index contributed by atoms with van der Waals surface area (Å²) in [6.07, 6.45) is 0. The number of amides is 1. The van der Waals surface area contributed by atoms with Crippen LogP contribution in [0.4, 0.5) is 0 Å². The maximum absolute atomic E-state index is 13.0. The normalized spacial score (nSPS) is 10.2. The minimum atomic E-state index is -0.186. The summed E-state index contributed by atoms with van der Waals surface area (Å²) in [4.78, 5) is 14.6. The van der Waals surface area contributed by atoms with Gasteiger partial charge in [0.2, 0.25) is 0 Å². The van der Waals surface area contributed by atoms with E-state index in [2.05, 4.69) is 0 Å². The highest BCUT2D eigenvalue weighted by Crippen LogP contribution is 2.35. The number of carbonyl (C=O) groups is 1. The van der Waals surface area contributed by atoms with Gasteiger partial charge < -0.3 is 23.8 Å². The predicted octanol–water partition coefficient (Wildman–Crippen LogP) is 3.38. The van der Waals surface area contributed by atoms with E-state index in [1.54, 1.807) is 24.1 Å². The Labute approximate surface area is 154 Å². The fourth-order valence-corrected chi connectivity index (χ4v) is 2.66. The van der Waals surface area contributed by atoms with Gasteiger partial charge >= 0.3 is 0 Å². The number of nitrogens with zero attached hydrogens (tertiary/aromatic N) is 1. The average molecular weight is 359 g/mol. The van der Waals surface area contributed by atoms with Gasteiger partial charge in [-0.05, 0) is 13.0 Å². The Kier molecular flexibility index (Phi) is 6.72. The Morgan fingerprint density at radius 1 is 0.923 bits per heavy atom. The highest BCUT2D eigenvalue weighted by Gasteiger charge is 2.21. The molecule has 0 atom stereocenters. The van der Waals surface area contributed by atoms with E-state index in [4.69, 9.17) is 18.9 Å². The van der Waals surface area contributed by atoms with Crippen molar-refractivity contribution in [3.63, 3.8) is 0 Å². The number of para-hydroxylation sites is 1. The maximum Gasteiger partial charge on any atom is 0.257 e. The van der Waals surface area contributed by atoms with E-state index in [9.17, 15) is 4.79 Å². The van der Waals surface area contributed by atoms with Crippen molar-refractivity contribution >= 4 is 5.91 Å². The lowest BCUT2D eigenvalue weighted by Gasteiger charge is -2.21. The molecule has 0 saturated heterocycles. The third kappa shape index (κ3) is 4.20. The van der Waals surface area contributed by atoms with Gasteiger partial charge in [0.1, 0.15) is 11.5 Å². The Bertz CT molecular complexity index is 760. The van der Waals surface area contributed by atoms with Crippen LogP contribution in [0.2, 0.25) is 0 Å². The number of benzene rings is 2. The van der Waals surface area contributed by atoms with Gasteiger partial charge in [0.05, 0.1) is 33.5 Å². The summed E-state index contributed by atoms with van der Waals surface area (Å²) in [6, 6.07) is 11.0. The number of rotatable bonds is 8. The zero-order chi connectivity index (χ0) is 19.1.